The molecule has 35 heavy (non-hydrogen) atoms. The van der Waals surface area contributed by atoms with Gasteiger partial charge in [-0.15, -0.1) is 0 Å². The summed E-state index contributed by atoms with van der Waals surface area (Å²) in [6.45, 7) is 0.358. The number of aromatic nitrogens is 1. The standard InChI is InChI=1S/C24H25ClF3N3O4/c25-16-9-10-17-15(21(16)30-20(32)13-14-5-2-1-3-6-14)8-11-19(29-17)31-12-4-7-18(31)22(33)35-23(34)24(26,27)28/h8-11,14,18H,1-7,12-13H2,(H,30,32)/t18-/m0/s1. The Bertz CT molecular complexity index is 1130. The van der Waals surface area contributed by atoms with E-state index in [4.69, 9.17) is 11.6 Å². The molecule has 1 aromatic heterocycles. The number of hydrogen-bond acceptors (Lipinski definition) is 6. The minimum atomic E-state index is -5.25. The summed E-state index contributed by atoms with van der Waals surface area (Å²) in [5.74, 6) is -3.22. The number of halogens is 4. The fraction of sp³-hybridized carbons (Fsp3) is 0.500. The first-order chi connectivity index (χ1) is 16.6. The summed E-state index contributed by atoms with van der Waals surface area (Å²) in [4.78, 5) is 42.1. The van der Waals surface area contributed by atoms with Crippen LogP contribution in [0.1, 0.15) is 51.4 Å². The number of carbonyl (C=O) groups excluding carboxylic acids is 3. The molecule has 2 fully saturated rings. The summed E-state index contributed by atoms with van der Waals surface area (Å²) in [6.07, 6.45) is 1.46. The number of pyridine rings is 1. The first-order valence-electron chi connectivity index (χ1n) is 11.6. The highest BCUT2D eigenvalue weighted by Gasteiger charge is 2.44. The van der Waals surface area contributed by atoms with Crippen molar-refractivity contribution < 1.29 is 32.3 Å². The molecule has 7 nitrogen and oxygen atoms in total. The van der Waals surface area contributed by atoms with E-state index in [0.29, 0.717) is 52.7 Å². The SMILES string of the molecule is O=C(CC1CCCCC1)Nc1c(Cl)ccc2nc(N3CCC[C@H]3C(=O)OC(=O)C(F)(F)F)ccc12. The topological polar surface area (TPSA) is 88.6 Å². The molecule has 1 amide bonds. The smallest absolute Gasteiger partial charge is 0.385 e. The summed E-state index contributed by atoms with van der Waals surface area (Å²) < 4.78 is 41.5. The van der Waals surface area contributed by atoms with Gasteiger partial charge >= 0.3 is 18.1 Å². The third kappa shape index (κ3) is 5.86. The Morgan fingerprint density at radius 3 is 2.51 bits per heavy atom. The zero-order valence-electron chi connectivity index (χ0n) is 18.9. The molecule has 11 heteroatoms. The van der Waals surface area contributed by atoms with Crippen LogP contribution in [0, 0.1) is 5.92 Å². The van der Waals surface area contributed by atoms with Crippen molar-refractivity contribution in [2.45, 2.75) is 63.6 Å². The lowest BCUT2D eigenvalue weighted by molar-refractivity contribution is -0.202. The largest absolute Gasteiger partial charge is 0.491 e. The van der Waals surface area contributed by atoms with E-state index in [1.54, 1.807) is 24.3 Å². The van der Waals surface area contributed by atoms with E-state index in [9.17, 15) is 27.6 Å². The number of fused-ring (bicyclic) bond motifs is 1. The van der Waals surface area contributed by atoms with Gasteiger partial charge in [-0.25, -0.2) is 14.6 Å². The molecule has 2 heterocycles. The van der Waals surface area contributed by atoms with Crippen molar-refractivity contribution in [1.29, 1.82) is 0 Å². The van der Waals surface area contributed by atoms with Crippen molar-refractivity contribution >= 4 is 51.9 Å². The van der Waals surface area contributed by atoms with Crippen LogP contribution < -0.4 is 10.2 Å². The van der Waals surface area contributed by atoms with Crippen LogP contribution in [0.4, 0.5) is 24.7 Å². The molecule has 4 rings (SSSR count). The maximum Gasteiger partial charge on any atom is 0.491 e. The molecule has 1 N–H and O–H groups in total. The number of hydrogen-bond donors (Lipinski definition) is 1. The van der Waals surface area contributed by atoms with E-state index in [1.807, 2.05) is 0 Å². The van der Waals surface area contributed by atoms with Gasteiger partial charge in [-0.2, -0.15) is 13.2 Å². The second-order valence-electron chi connectivity index (χ2n) is 8.97. The molecule has 0 spiro atoms. The number of ether oxygens (including phenoxy) is 1. The van der Waals surface area contributed by atoms with Crippen molar-refractivity contribution in [3.05, 3.63) is 29.3 Å². The summed E-state index contributed by atoms with van der Waals surface area (Å²) in [5, 5.41) is 3.87. The number of anilines is 2. The van der Waals surface area contributed by atoms with Gasteiger partial charge in [0.05, 0.1) is 16.2 Å². The molecule has 1 saturated heterocycles. The maximum atomic E-state index is 12.7. The minimum absolute atomic E-state index is 0.118. The Kier molecular flexibility index (Phi) is 7.49. The van der Waals surface area contributed by atoms with E-state index in [2.05, 4.69) is 15.0 Å². The minimum Gasteiger partial charge on any atom is -0.385 e. The molecule has 1 aromatic carbocycles. The van der Waals surface area contributed by atoms with Crippen LogP contribution in [0.5, 0.6) is 0 Å². The Hall–Kier alpha value is -2.88. The monoisotopic (exact) mass is 511 g/mol. The maximum absolute atomic E-state index is 12.7. The second-order valence-corrected chi connectivity index (χ2v) is 9.38. The summed E-state index contributed by atoms with van der Waals surface area (Å²) in [5.41, 5.74) is 0.933. The number of benzene rings is 1. The van der Waals surface area contributed by atoms with Crippen molar-refractivity contribution in [3.63, 3.8) is 0 Å². The van der Waals surface area contributed by atoms with E-state index in [-0.39, 0.29) is 12.3 Å². The van der Waals surface area contributed by atoms with Crippen LogP contribution in [0.2, 0.25) is 5.02 Å². The molecule has 0 radical (unpaired) electrons. The number of rotatable bonds is 5. The lowest BCUT2D eigenvalue weighted by atomic mass is 9.87. The van der Waals surface area contributed by atoms with Crippen LogP contribution in [-0.2, 0) is 19.1 Å². The van der Waals surface area contributed by atoms with E-state index in [1.165, 1.54) is 11.3 Å². The van der Waals surface area contributed by atoms with Crippen LogP contribution in [0.3, 0.4) is 0 Å². The number of alkyl halides is 3. The third-order valence-electron chi connectivity index (χ3n) is 6.51. The van der Waals surface area contributed by atoms with Crippen LogP contribution in [0.25, 0.3) is 10.9 Å². The van der Waals surface area contributed by atoms with Gasteiger partial charge in [0.2, 0.25) is 5.91 Å². The number of nitrogens with one attached hydrogen (secondary N) is 1. The van der Waals surface area contributed by atoms with E-state index in [0.717, 1.165) is 25.7 Å². The first kappa shape index (κ1) is 25.2. The molecule has 0 unspecified atom stereocenters. The average Bonchev–Trinajstić information content (AvgIpc) is 3.31. The molecule has 1 aliphatic heterocycles. The molecule has 1 aliphatic carbocycles. The molecule has 2 aliphatic rings. The normalized spacial score (nSPS) is 19.1. The number of esters is 2. The fourth-order valence-electron chi connectivity index (χ4n) is 4.80. The van der Waals surface area contributed by atoms with Gasteiger partial charge in [0, 0.05) is 18.4 Å². The predicted octanol–water partition coefficient (Wildman–Crippen LogP) is 5.40. The van der Waals surface area contributed by atoms with E-state index >= 15 is 0 Å². The number of carbonyl (C=O) groups is 3. The van der Waals surface area contributed by atoms with Crippen molar-refractivity contribution in [3.8, 4) is 0 Å². The van der Waals surface area contributed by atoms with E-state index < -0.39 is 24.2 Å². The third-order valence-corrected chi connectivity index (χ3v) is 6.83. The second kappa shape index (κ2) is 10.4. The lowest BCUT2D eigenvalue weighted by Gasteiger charge is -2.24. The highest BCUT2D eigenvalue weighted by Crippen LogP contribution is 2.34. The molecule has 1 saturated carbocycles. The molecular formula is C24H25ClF3N3O4. The average molecular weight is 512 g/mol. The summed E-state index contributed by atoms with van der Waals surface area (Å²) in [7, 11) is 0. The van der Waals surface area contributed by atoms with Crippen molar-refractivity contribution in [2.75, 3.05) is 16.8 Å². The van der Waals surface area contributed by atoms with Gasteiger partial charge in [-0.3, -0.25) is 4.79 Å². The summed E-state index contributed by atoms with van der Waals surface area (Å²) in [6, 6.07) is 5.50. The Balaban J connectivity index is 1.52. The Morgan fingerprint density at radius 2 is 1.80 bits per heavy atom. The van der Waals surface area contributed by atoms with Crippen molar-refractivity contribution in [1.82, 2.24) is 4.98 Å². The highest BCUT2D eigenvalue weighted by atomic mass is 35.5. The quantitative estimate of drug-likeness (QED) is 0.427. The molecule has 2 aromatic rings. The first-order valence-corrected chi connectivity index (χ1v) is 12.0. The fourth-order valence-corrected chi connectivity index (χ4v) is 5.01. The zero-order chi connectivity index (χ0) is 25.2. The van der Waals surface area contributed by atoms with Gasteiger partial charge in [0.1, 0.15) is 11.9 Å². The Morgan fingerprint density at radius 1 is 1.06 bits per heavy atom. The zero-order valence-corrected chi connectivity index (χ0v) is 19.6. The number of nitrogens with zero attached hydrogens (tertiary/aromatic N) is 2. The Labute approximate surface area is 205 Å². The van der Waals surface area contributed by atoms with Crippen molar-refractivity contribution in [2.24, 2.45) is 5.92 Å². The van der Waals surface area contributed by atoms with Gasteiger partial charge in [0.15, 0.2) is 0 Å². The molecule has 188 valence electrons. The lowest BCUT2D eigenvalue weighted by Crippen LogP contribution is -2.40. The van der Waals surface area contributed by atoms with Crippen LogP contribution >= 0.6 is 11.6 Å². The highest BCUT2D eigenvalue weighted by molar-refractivity contribution is 6.35. The van der Waals surface area contributed by atoms with Gasteiger partial charge < -0.3 is 15.0 Å². The molecule has 1 atom stereocenters. The van der Waals surface area contributed by atoms with Gasteiger partial charge in [-0.05, 0) is 55.9 Å². The number of amides is 1. The molecular weight excluding hydrogens is 487 g/mol. The van der Waals surface area contributed by atoms with Gasteiger partial charge in [-0.1, -0.05) is 30.9 Å². The molecule has 0 bridgehead atoms. The summed E-state index contributed by atoms with van der Waals surface area (Å²) >= 11 is 6.37. The van der Waals surface area contributed by atoms with Crippen LogP contribution in [0.15, 0.2) is 24.3 Å². The predicted molar refractivity (Wildman–Crippen MR) is 124 cm³/mol. The van der Waals surface area contributed by atoms with Gasteiger partial charge in [0.25, 0.3) is 0 Å². The van der Waals surface area contributed by atoms with Crippen LogP contribution in [-0.4, -0.2) is 41.6 Å².